The van der Waals surface area contributed by atoms with Crippen LogP contribution in [0.15, 0.2) is 24.3 Å². The third-order valence-corrected chi connectivity index (χ3v) is 4.87. The summed E-state index contributed by atoms with van der Waals surface area (Å²) in [5, 5.41) is 2.85. The van der Waals surface area contributed by atoms with E-state index in [1.54, 1.807) is 14.2 Å². The van der Waals surface area contributed by atoms with Crippen molar-refractivity contribution < 1.29 is 9.47 Å². The fourth-order valence-corrected chi connectivity index (χ4v) is 4.15. The molecule has 0 fully saturated rings. The number of methoxy groups -OCH3 is 2. The zero-order chi connectivity index (χ0) is 15.0. The molecule has 2 aromatic carbocycles. The van der Waals surface area contributed by atoms with Gasteiger partial charge in [0.25, 0.3) is 0 Å². The van der Waals surface area contributed by atoms with Crippen LogP contribution in [0.1, 0.15) is 29.2 Å². The monoisotopic (exact) mass is 284 g/mol. The number of ether oxygens (including phenoxy) is 2. The van der Waals surface area contributed by atoms with Crippen molar-refractivity contribution in [1.29, 1.82) is 0 Å². The molecule has 1 aliphatic carbocycles. The third kappa shape index (κ3) is 2.09. The summed E-state index contributed by atoms with van der Waals surface area (Å²) in [6, 6.07) is 9.08. The van der Waals surface area contributed by atoms with Gasteiger partial charge in [0.2, 0.25) is 0 Å². The average Bonchev–Trinajstić information content (AvgIpc) is 2.76. The maximum absolute atomic E-state index is 5.55. The van der Waals surface area contributed by atoms with E-state index in [0.717, 1.165) is 12.8 Å². The lowest BCUT2D eigenvalue weighted by atomic mass is 9.82. The summed E-state index contributed by atoms with van der Waals surface area (Å²) in [5.74, 6) is 0. The Hall–Kier alpha value is -1.38. The predicted molar refractivity (Wildman–Crippen MR) is 87.2 cm³/mol. The SMILES string of the molecule is CCc1c(C)cc2c3c(cccc13)C(COC)(COC)C2. The molecule has 0 atom stereocenters. The molecule has 1 aliphatic rings. The van der Waals surface area contributed by atoms with Gasteiger partial charge in [-0.15, -0.1) is 0 Å². The van der Waals surface area contributed by atoms with Gasteiger partial charge in [0.05, 0.1) is 13.2 Å². The molecule has 0 saturated carbocycles. The van der Waals surface area contributed by atoms with E-state index in [2.05, 4.69) is 38.1 Å². The lowest BCUT2D eigenvalue weighted by Crippen LogP contribution is -2.36. The molecule has 21 heavy (non-hydrogen) atoms. The fraction of sp³-hybridized carbons (Fsp3) is 0.474. The van der Waals surface area contributed by atoms with Crippen molar-refractivity contribution in [2.75, 3.05) is 27.4 Å². The highest BCUT2D eigenvalue weighted by Crippen LogP contribution is 2.44. The van der Waals surface area contributed by atoms with Crippen LogP contribution >= 0.6 is 0 Å². The molecule has 2 nitrogen and oxygen atoms in total. The van der Waals surface area contributed by atoms with Crippen molar-refractivity contribution in [2.24, 2.45) is 0 Å². The maximum Gasteiger partial charge on any atom is 0.0584 e. The number of hydrogen-bond donors (Lipinski definition) is 0. The van der Waals surface area contributed by atoms with Crippen LogP contribution in [0.25, 0.3) is 10.8 Å². The predicted octanol–water partition coefficient (Wildman–Crippen LogP) is 3.80. The first-order chi connectivity index (χ1) is 10.2. The molecular weight excluding hydrogens is 260 g/mol. The van der Waals surface area contributed by atoms with Crippen molar-refractivity contribution in [1.82, 2.24) is 0 Å². The van der Waals surface area contributed by atoms with Crippen molar-refractivity contribution in [3.63, 3.8) is 0 Å². The molecule has 0 spiro atoms. The van der Waals surface area contributed by atoms with Gasteiger partial charge in [-0.1, -0.05) is 31.2 Å². The first-order valence-electron chi connectivity index (χ1n) is 7.69. The summed E-state index contributed by atoms with van der Waals surface area (Å²) in [6.07, 6.45) is 2.09. The number of aryl methyl sites for hydroxylation is 2. The van der Waals surface area contributed by atoms with Gasteiger partial charge >= 0.3 is 0 Å². The molecule has 2 heteroatoms. The molecule has 0 aromatic heterocycles. The second kappa shape index (κ2) is 5.43. The van der Waals surface area contributed by atoms with Crippen LogP contribution in [0.4, 0.5) is 0 Å². The van der Waals surface area contributed by atoms with Crippen LogP contribution in [0.3, 0.4) is 0 Å². The van der Waals surface area contributed by atoms with E-state index in [1.807, 2.05) is 0 Å². The summed E-state index contributed by atoms with van der Waals surface area (Å²) in [5.41, 5.74) is 5.69. The van der Waals surface area contributed by atoms with E-state index in [-0.39, 0.29) is 5.41 Å². The zero-order valence-corrected chi connectivity index (χ0v) is 13.5. The Bertz CT molecular complexity index is 667. The minimum Gasteiger partial charge on any atom is -0.384 e. The second-order valence-electron chi connectivity index (χ2n) is 6.24. The summed E-state index contributed by atoms with van der Waals surface area (Å²) in [4.78, 5) is 0. The summed E-state index contributed by atoms with van der Waals surface area (Å²) >= 11 is 0. The Morgan fingerprint density at radius 1 is 1.14 bits per heavy atom. The van der Waals surface area contributed by atoms with Gasteiger partial charge in [-0.2, -0.15) is 0 Å². The second-order valence-corrected chi connectivity index (χ2v) is 6.24. The van der Waals surface area contributed by atoms with E-state index >= 15 is 0 Å². The topological polar surface area (TPSA) is 18.5 Å². The molecule has 3 rings (SSSR count). The molecule has 0 N–H and O–H groups in total. The van der Waals surface area contributed by atoms with Crippen molar-refractivity contribution in [3.05, 3.63) is 46.5 Å². The minimum atomic E-state index is -0.0376. The highest BCUT2D eigenvalue weighted by atomic mass is 16.5. The van der Waals surface area contributed by atoms with Crippen LogP contribution in [0.2, 0.25) is 0 Å². The van der Waals surface area contributed by atoms with E-state index in [4.69, 9.17) is 9.47 Å². The van der Waals surface area contributed by atoms with Gasteiger partial charge in [0, 0.05) is 19.6 Å². The van der Waals surface area contributed by atoms with Gasteiger partial charge < -0.3 is 9.47 Å². The quantitative estimate of drug-likeness (QED) is 0.831. The molecule has 0 aliphatic heterocycles. The zero-order valence-electron chi connectivity index (χ0n) is 13.5. The highest BCUT2D eigenvalue weighted by molar-refractivity contribution is 5.95. The Labute approximate surface area is 127 Å². The van der Waals surface area contributed by atoms with Gasteiger partial charge in [-0.25, -0.2) is 0 Å². The maximum atomic E-state index is 5.55. The van der Waals surface area contributed by atoms with E-state index in [0.29, 0.717) is 13.2 Å². The summed E-state index contributed by atoms with van der Waals surface area (Å²) < 4.78 is 11.1. The van der Waals surface area contributed by atoms with Crippen LogP contribution in [-0.2, 0) is 27.7 Å². The van der Waals surface area contributed by atoms with Crippen LogP contribution in [0, 0.1) is 6.92 Å². The lowest BCUT2D eigenvalue weighted by Gasteiger charge is -2.29. The highest BCUT2D eigenvalue weighted by Gasteiger charge is 2.40. The largest absolute Gasteiger partial charge is 0.384 e. The Morgan fingerprint density at radius 3 is 2.48 bits per heavy atom. The average molecular weight is 284 g/mol. The Morgan fingerprint density at radius 2 is 1.86 bits per heavy atom. The third-order valence-electron chi connectivity index (χ3n) is 4.87. The number of benzene rings is 2. The number of hydrogen-bond acceptors (Lipinski definition) is 2. The smallest absolute Gasteiger partial charge is 0.0584 e. The molecule has 0 saturated heterocycles. The van der Waals surface area contributed by atoms with Gasteiger partial charge in [-0.05, 0) is 52.8 Å². The molecule has 112 valence electrons. The Kier molecular flexibility index (Phi) is 3.76. The van der Waals surface area contributed by atoms with E-state index < -0.39 is 0 Å². The first kappa shape index (κ1) is 14.6. The van der Waals surface area contributed by atoms with Crippen molar-refractivity contribution in [2.45, 2.75) is 32.1 Å². The van der Waals surface area contributed by atoms with Crippen molar-refractivity contribution in [3.8, 4) is 0 Å². The summed E-state index contributed by atoms with van der Waals surface area (Å²) in [6.45, 7) is 5.88. The molecule has 0 amide bonds. The van der Waals surface area contributed by atoms with E-state index in [1.165, 1.54) is 33.0 Å². The standard InChI is InChI=1S/C19H24O2/c1-5-15-13(2)9-14-10-19(11-20-3,12-21-4)17-8-6-7-16(15)18(14)17/h6-9H,5,10-12H2,1-4H3. The minimum absolute atomic E-state index is 0.0376. The first-order valence-corrected chi connectivity index (χ1v) is 7.69. The molecule has 0 bridgehead atoms. The van der Waals surface area contributed by atoms with Crippen LogP contribution < -0.4 is 0 Å². The van der Waals surface area contributed by atoms with Gasteiger partial charge in [0.15, 0.2) is 0 Å². The normalized spacial score (nSPS) is 15.8. The molecular formula is C19H24O2. The molecule has 0 radical (unpaired) electrons. The van der Waals surface area contributed by atoms with Crippen molar-refractivity contribution >= 4 is 10.8 Å². The van der Waals surface area contributed by atoms with E-state index in [9.17, 15) is 0 Å². The van der Waals surface area contributed by atoms with Crippen LogP contribution in [0.5, 0.6) is 0 Å². The molecule has 0 unspecified atom stereocenters. The fourth-order valence-electron chi connectivity index (χ4n) is 4.15. The number of rotatable bonds is 5. The lowest BCUT2D eigenvalue weighted by molar-refractivity contribution is 0.0623. The van der Waals surface area contributed by atoms with Gasteiger partial charge in [0.1, 0.15) is 0 Å². The Balaban J connectivity index is 2.29. The molecule has 2 aromatic rings. The molecule has 0 heterocycles. The van der Waals surface area contributed by atoms with Gasteiger partial charge in [-0.3, -0.25) is 0 Å². The summed E-state index contributed by atoms with van der Waals surface area (Å²) in [7, 11) is 3.56. The van der Waals surface area contributed by atoms with Crippen LogP contribution in [-0.4, -0.2) is 27.4 Å².